The number of likely N-dealkylation sites (tertiary alicyclic amines) is 1. The number of nitrogens with zero attached hydrogens (tertiary/aromatic N) is 1. The monoisotopic (exact) mass is 325 g/mol. The first-order valence-electron chi connectivity index (χ1n) is 7.96. The molecule has 3 N–H and O–H groups in total. The average Bonchev–Trinajstić information content (AvgIpc) is 3.06. The summed E-state index contributed by atoms with van der Waals surface area (Å²) in [6, 6.07) is 1.65. The minimum atomic E-state index is -0.646. The quantitative estimate of drug-likeness (QED) is 0.752. The van der Waals surface area contributed by atoms with E-state index >= 15 is 0 Å². The molecule has 0 aromatic carbocycles. The Kier molecular flexibility index (Phi) is 6.23. The maximum Gasteiger partial charge on any atom is 0.314 e. The van der Waals surface area contributed by atoms with E-state index in [2.05, 4.69) is 29.4 Å². The van der Waals surface area contributed by atoms with Gasteiger partial charge in [-0.2, -0.15) is 11.3 Å². The normalized spacial score (nSPS) is 18.0. The zero-order valence-corrected chi connectivity index (χ0v) is 14.3. The molecule has 6 heteroatoms. The van der Waals surface area contributed by atoms with Gasteiger partial charge in [0, 0.05) is 18.6 Å². The minimum Gasteiger partial charge on any atom is -0.387 e. The summed E-state index contributed by atoms with van der Waals surface area (Å²) in [5.74, 6) is 0. The highest BCUT2D eigenvalue weighted by molar-refractivity contribution is 7.07. The molecule has 0 saturated carbocycles. The predicted octanol–water partition coefficient (Wildman–Crippen LogP) is 2.35. The van der Waals surface area contributed by atoms with Crippen LogP contribution in [0.25, 0.3) is 0 Å². The SMILES string of the molecule is CC(C)(CNC(=O)NCC(O)c1ccsc1)N1CCCCC1. The Balaban J connectivity index is 1.70. The van der Waals surface area contributed by atoms with Crippen LogP contribution >= 0.6 is 11.3 Å². The Morgan fingerprint density at radius 2 is 2.09 bits per heavy atom. The third kappa shape index (κ3) is 4.97. The third-order valence-electron chi connectivity index (χ3n) is 4.28. The van der Waals surface area contributed by atoms with Crippen LogP contribution in [0, 0.1) is 0 Å². The summed E-state index contributed by atoms with van der Waals surface area (Å²) in [6.07, 6.45) is 3.14. The van der Waals surface area contributed by atoms with Gasteiger partial charge in [-0.1, -0.05) is 6.42 Å². The van der Waals surface area contributed by atoms with Crippen LogP contribution in [0.5, 0.6) is 0 Å². The lowest BCUT2D eigenvalue weighted by molar-refractivity contribution is 0.0957. The molecule has 0 spiro atoms. The van der Waals surface area contributed by atoms with Crippen molar-refractivity contribution in [1.82, 2.24) is 15.5 Å². The number of carbonyl (C=O) groups excluding carboxylic acids is 1. The number of nitrogens with one attached hydrogen (secondary N) is 2. The van der Waals surface area contributed by atoms with Crippen molar-refractivity contribution in [1.29, 1.82) is 0 Å². The molecule has 5 nitrogen and oxygen atoms in total. The van der Waals surface area contributed by atoms with Gasteiger partial charge in [-0.05, 0) is 62.2 Å². The number of aliphatic hydroxyl groups excluding tert-OH is 1. The molecule has 22 heavy (non-hydrogen) atoms. The van der Waals surface area contributed by atoms with Crippen molar-refractivity contribution in [3.63, 3.8) is 0 Å². The molecular formula is C16H27N3O2S. The first-order valence-corrected chi connectivity index (χ1v) is 8.90. The number of urea groups is 1. The third-order valence-corrected chi connectivity index (χ3v) is 4.98. The van der Waals surface area contributed by atoms with Crippen LogP contribution in [0.4, 0.5) is 4.79 Å². The Morgan fingerprint density at radius 3 is 2.73 bits per heavy atom. The Bertz CT molecular complexity index is 456. The van der Waals surface area contributed by atoms with Crippen LogP contribution in [-0.2, 0) is 0 Å². The molecule has 1 aliphatic rings. The van der Waals surface area contributed by atoms with E-state index in [1.54, 1.807) is 0 Å². The number of rotatable bonds is 6. The van der Waals surface area contributed by atoms with Gasteiger partial charge in [-0.3, -0.25) is 4.90 Å². The first-order chi connectivity index (χ1) is 10.5. The fourth-order valence-corrected chi connectivity index (χ4v) is 3.45. The number of carbonyl (C=O) groups is 1. The average molecular weight is 325 g/mol. The second-order valence-electron chi connectivity index (χ2n) is 6.50. The van der Waals surface area contributed by atoms with Gasteiger partial charge in [0.05, 0.1) is 6.10 Å². The lowest BCUT2D eigenvalue weighted by Gasteiger charge is -2.41. The summed E-state index contributed by atoms with van der Waals surface area (Å²) < 4.78 is 0. The van der Waals surface area contributed by atoms with E-state index in [9.17, 15) is 9.90 Å². The maximum atomic E-state index is 11.9. The molecule has 1 saturated heterocycles. The van der Waals surface area contributed by atoms with Gasteiger partial charge in [0.1, 0.15) is 0 Å². The van der Waals surface area contributed by atoms with E-state index in [1.165, 1.54) is 30.6 Å². The molecule has 124 valence electrons. The smallest absolute Gasteiger partial charge is 0.314 e. The Hall–Kier alpha value is -1.11. The molecule has 0 aliphatic carbocycles. The van der Waals surface area contributed by atoms with Gasteiger partial charge < -0.3 is 15.7 Å². The Labute approximate surface area is 136 Å². The van der Waals surface area contributed by atoms with Gasteiger partial charge in [0.15, 0.2) is 0 Å². The molecule has 1 aliphatic heterocycles. The molecule has 2 amide bonds. The van der Waals surface area contributed by atoms with Gasteiger partial charge in [0.25, 0.3) is 0 Å². The van der Waals surface area contributed by atoms with Crippen molar-refractivity contribution in [2.45, 2.75) is 44.8 Å². The van der Waals surface area contributed by atoms with Gasteiger partial charge in [-0.15, -0.1) is 0 Å². The van der Waals surface area contributed by atoms with Crippen LogP contribution in [-0.4, -0.2) is 47.8 Å². The topological polar surface area (TPSA) is 64.6 Å². The molecule has 1 atom stereocenters. The van der Waals surface area contributed by atoms with Crippen molar-refractivity contribution >= 4 is 17.4 Å². The van der Waals surface area contributed by atoms with E-state index in [0.717, 1.165) is 18.7 Å². The highest BCUT2D eigenvalue weighted by Crippen LogP contribution is 2.19. The molecule has 0 radical (unpaired) electrons. The molecule has 1 unspecified atom stereocenters. The number of hydrogen-bond donors (Lipinski definition) is 3. The second-order valence-corrected chi connectivity index (χ2v) is 7.28. The Morgan fingerprint density at radius 1 is 1.36 bits per heavy atom. The van der Waals surface area contributed by atoms with E-state index in [-0.39, 0.29) is 18.1 Å². The lowest BCUT2D eigenvalue weighted by Crippen LogP contribution is -2.54. The maximum absolute atomic E-state index is 11.9. The summed E-state index contributed by atoms with van der Waals surface area (Å²) >= 11 is 1.54. The predicted molar refractivity (Wildman–Crippen MR) is 90.2 cm³/mol. The summed E-state index contributed by atoms with van der Waals surface area (Å²) in [4.78, 5) is 14.3. The van der Waals surface area contributed by atoms with Crippen molar-refractivity contribution in [2.75, 3.05) is 26.2 Å². The number of aliphatic hydroxyl groups is 1. The molecule has 2 heterocycles. The molecular weight excluding hydrogens is 298 g/mol. The van der Waals surface area contributed by atoms with Crippen LogP contribution in [0.2, 0.25) is 0 Å². The summed E-state index contributed by atoms with van der Waals surface area (Å²) in [5, 5.41) is 19.4. The van der Waals surface area contributed by atoms with Gasteiger partial charge >= 0.3 is 6.03 Å². The standard InChI is InChI=1S/C16H27N3O2S/c1-16(2,19-7-4-3-5-8-19)12-18-15(21)17-10-14(20)13-6-9-22-11-13/h6,9,11,14,20H,3-5,7-8,10,12H2,1-2H3,(H2,17,18,21). The van der Waals surface area contributed by atoms with Crippen molar-refractivity contribution in [3.05, 3.63) is 22.4 Å². The second kappa shape index (κ2) is 7.94. The zero-order valence-electron chi connectivity index (χ0n) is 13.5. The van der Waals surface area contributed by atoms with E-state index in [0.29, 0.717) is 6.54 Å². The highest BCUT2D eigenvalue weighted by Gasteiger charge is 2.28. The molecule has 0 bridgehead atoms. The highest BCUT2D eigenvalue weighted by atomic mass is 32.1. The molecule has 1 aromatic heterocycles. The molecule has 1 fully saturated rings. The zero-order chi connectivity index (χ0) is 16.0. The molecule has 2 rings (SSSR count). The van der Waals surface area contributed by atoms with Crippen LogP contribution in [0.1, 0.15) is 44.8 Å². The van der Waals surface area contributed by atoms with Crippen molar-refractivity contribution in [3.8, 4) is 0 Å². The van der Waals surface area contributed by atoms with Crippen LogP contribution in [0.15, 0.2) is 16.8 Å². The van der Waals surface area contributed by atoms with Crippen LogP contribution < -0.4 is 10.6 Å². The number of thiophene rings is 1. The largest absolute Gasteiger partial charge is 0.387 e. The van der Waals surface area contributed by atoms with Gasteiger partial charge in [-0.25, -0.2) is 4.79 Å². The van der Waals surface area contributed by atoms with Gasteiger partial charge in [0.2, 0.25) is 0 Å². The number of amides is 2. The fraction of sp³-hybridized carbons (Fsp3) is 0.688. The molecule has 1 aromatic rings. The lowest BCUT2D eigenvalue weighted by atomic mass is 9.98. The summed E-state index contributed by atoms with van der Waals surface area (Å²) in [7, 11) is 0. The van der Waals surface area contributed by atoms with E-state index in [4.69, 9.17) is 0 Å². The first kappa shape index (κ1) is 17.2. The summed E-state index contributed by atoms with van der Waals surface area (Å²) in [5.41, 5.74) is 0.808. The van der Waals surface area contributed by atoms with Crippen molar-refractivity contribution < 1.29 is 9.90 Å². The number of piperidine rings is 1. The van der Waals surface area contributed by atoms with Crippen LogP contribution in [0.3, 0.4) is 0 Å². The van der Waals surface area contributed by atoms with E-state index < -0.39 is 6.10 Å². The fourth-order valence-electron chi connectivity index (χ4n) is 2.74. The van der Waals surface area contributed by atoms with E-state index in [1.807, 2.05) is 16.8 Å². The van der Waals surface area contributed by atoms with Crippen molar-refractivity contribution in [2.24, 2.45) is 0 Å². The minimum absolute atomic E-state index is 0.0380. The number of hydrogen-bond acceptors (Lipinski definition) is 4. The summed E-state index contributed by atoms with van der Waals surface area (Å²) in [6.45, 7) is 7.37.